The van der Waals surface area contributed by atoms with Crippen LogP contribution in [0.2, 0.25) is 0 Å². The summed E-state index contributed by atoms with van der Waals surface area (Å²) < 4.78 is 4.98. The Kier molecular flexibility index (Phi) is 8.12. The van der Waals surface area contributed by atoms with Gasteiger partial charge in [-0.3, -0.25) is 0 Å². The maximum absolute atomic E-state index is 2.49. The highest BCUT2D eigenvalue weighted by Gasteiger charge is 2.37. The molecular weight excluding hydrogens is 821 g/mol. The molecule has 322 valence electrons. The normalized spacial score (nSPS) is 14.1. The lowest BCUT2D eigenvalue weighted by molar-refractivity contribution is 0.661. The molecule has 2 aliphatic rings. The van der Waals surface area contributed by atoms with Crippen molar-refractivity contribution in [3.05, 3.63) is 241 Å². The molecule has 0 unspecified atom stereocenters. The van der Waals surface area contributed by atoms with E-state index in [0.29, 0.717) is 0 Å². The molecule has 0 amide bonds. The van der Waals surface area contributed by atoms with E-state index < -0.39 is 0 Å². The average Bonchev–Trinajstić information content (AvgIpc) is 4.03. The molecule has 0 fully saturated rings. The van der Waals surface area contributed by atoms with Gasteiger partial charge in [-0.05, 0) is 151 Å². The van der Waals surface area contributed by atoms with Crippen LogP contribution in [-0.2, 0) is 10.8 Å². The van der Waals surface area contributed by atoms with Crippen molar-refractivity contribution < 1.29 is 0 Å². The SMILES string of the molecule is CC1(C)c2ccccc2-c2cc3c4cc(-c5ccc6c(c5)c5cc7c(cc5n6-c5ccc(-c6ccccc6)cc5)C(C)(C)c5ccccc5-7)ccc4n(-c4ccc(-c5ccccc5)cc4)c3cc21. The molecule has 0 aliphatic heterocycles. The van der Waals surface area contributed by atoms with Gasteiger partial charge in [0.1, 0.15) is 0 Å². The summed E-state index contributed by atoms with van der Waals surface area (Å²) in [5.74, 6) is 0. The Morgan fingerprint density at radius 2 is 0.588 bits per heavy atom. The van der Waals surface area contributed by atoms with Crippen LogP contribution < -0.4 is 0 Å². The molecule has 0 radical (unpaired) electrons. The Labute approximate surface area is 397 Å². The van der Waals surface area contributed by atoms with Crippen LogP contribution in [0, 0.1) is 0 Å². The Morgan fingerprint density at radius 1 is 0.250 bits per heavy atom. The Hall–Kier alpha value is -8.20. The predicted octanol–water partition coefficient (Wildman–Crippen LogP) is 17.5. The van der Waals surface area contributed by atoms with Gasteiger partial charge in [0.25, 0.3) is 0 Å². The molecule has 2 nitrogen and oxygen atoms in total. The lowest BCUT2D eigenvalue weighted by Crippen LogP contribution is -2.14. The van der Waals surface area contributed by atoms with E-state index in [1.807, 2.05) is 0 Å². The lowest BCUT2D eigenvalue weighted by Gasteiger charge is -2.21. The summed E-state index contributed by atoms with van der Waals surface area (Å²) in [5.41, 5.74) is 25.2. The summed E-state index contributed by atoms with van der Waals surface area (Å²) in [6.07, 6.45) is 0. The highest BCUT2D eigenvalue weighted by molar-refractivity contribution is 6.15. The van der Waals surface area contributed by atoms with Crippen LogP contribution in [0.1, 0.15) is 49.9 Å². The molecule has 12 aromatic rings. The number of hydrogen-bond donors (Lipinski definition) is 0. The van der Waals surface area contributed by atoms with Crippen LogP contribution in [0.15, 0.2) is 218 Å². The van der Waals surface area contributed by atoms with Crippen molar-refractivity contribution in [2.75, 3.05) is 0 Å². The van der Waals surface area contributed by atoms with Crippen molar-refractivity contribution in [1.82, 2.24) is 9.13 Å². The second-order valence-corrected chi connectivity index (χ2v) is 20.1. The number of benzene rings is 10. The highest BCUT2D eigenvalue weighted by atomic mass is 15.0. The molecule has 0 saturated carbocycles. The van der Waals surface area contributed by atoms with Crippen molar-refractivity contribution in [2.24, 2.45) is 0 Å². The van der Waals surface area contributed by atoms with E-state index in [9.17, 15) is 0 Å². The smallest absolute Gasteiger partial charge is 0.0544 e. The summed E-state index contributed by atoms with van der Waals surface area (Å²) >= 11 is 0. The van der Waals surface area contributed by atoms with E-state index in [2.05, 4.69) is 255 Å². The van der Waals surface area contributed by atoms with E-state index in [1.54, 1.807) is 0 Å². The fourth-order valence-electron chi connectivity index (χ4n) is 12.2. The minimum Gasteiger partial charge on any atom is -0.309 e. The standard InChI is InChI=1S/C66H48N2/c1-65(2)57-21-13-11-19-49(57)51-37-55-53-35-45(27-33-61(53)67(63(55)39-59(51)65)47-29-23-43(24-30-47)41-15-7-5-8-16-41)46-28-34-62-54(36-46)56-38-52-50-20-12-14-22-58(50)66(3,4)60(52)40-64(56)68(62)48-31-25-44(26-32-48)42-17-9-6-10-18-42/h5-40H,1-4H3. The van der Waals surface area contributed by atoms with E-state index in [1.165, 1.54) is 122 Å². The predicted molar refractivity (Wildman–Crippen MR) is 287 cm³/mol. The Balaban J connectivity index is 0.979. The van der Waals surface area contributed by atoms with Crippen LogP contribution in [0.4, 0.5) is 0 Å². The van der Waals surface area contributed by atoms with Gasteiger partial charge in [0.15, 0.2) is 0 Å². The number of hydrogen-bond acceptors (Lipinski definition) is 0. The molecule has 2 heterocycles. The van der Waals surface area contributed by atoms with Gasteiger partial charge in [0.2, 0.25) is 0 Å². The highest BCUT2D eigenvalue weighted by Crippen LogP contribution is 2.53. The van der Waals surface area contributed by atoms with Gasteiger partial charge in [-0.15, -0.1) is 0 Å². The lowest BCUT2D eigenvalue weighted by atomic mass is 9.82. The fraction of sp³-hybridized carbons (Fsp3) is 0.0909. The summed E-state index contributed by atoms with van der Waals surface area (Å²) in [6.45, 7) is 9.52. The first-order valence-corrected chi connectivity index (χ1v) is 24.0. The second-order valence-electron chi connectivity index (χ2n) is 20.1. The van der Waals surface area contributed by atoms with Gasteiger partial charge in [0.05, 0.1) is 22.1 Å². The van der Waals surface area contributed by atoms with Gasteiger partial charge in [-0.25, -0.2) is 0 Å². The molecule has 10 aromatic carbocycles. The van der Waals surface area contributed by atoms with Crippen molar-refractivity contribution >= 4 is 43.6 Å². The third kappa shape index (κ3) is 5.52. The van der Waals surface area contributed by atoms with E-state index in [-0.39, 0.29) is 10.8 Å². The molecule has 0 N–H and O–H groups in total. The van der Waals surface area contributed by atoms with E-state index in [4.69, 9.17) is 0 Å². The third-order valence-corrected chi connectivity index (χ3v) is 15.7. The number of rotatable bonds is 5. The largest absolute Gasteiger partial charge is 0.309 e. The summed E-state index contributed by atoms with van der Waals surface area (Å²) in [6, 6.07) is 81.8. The van der Waals surface area contributed by atoms with Crippen LogP contribution >= 0.6 is 0 Å². The van der Waals surface area contributed by atoms with Crippen LogP contribution in [-0.4, -0.2) is 9.13 Å². The first-order chi connectivity index (χ1) is 33.2. The monoisotopic (exact) mass is 868 g/mol. The number of fused-ring (bicyclic) bond motifs is 12. The first kappa shape index (κ1) is 39.0. The Bertz CT molecular complexity index is 3760. The maximum Gasteiger partial charge on any atom is 0.0544 e. The summed E-state index contributed by atoms with van der Waals surface area (Å²) in [5, 5.41) is 5.06. The summed E-state index contributed by atoms with van der Waals surface area (Å²) in [7, 11) is 0. The molecule has 2 aromatic heterocycles. The molecule has 0 bridgehead atoms. The molecule has 68 heavy (non-hydrogen) atoms. The molecule has 2 aliphatic carbocycles. The van der Waals surface area contributed by atoms with Crippen LogP contribution in [0.3, 0.4) is 0 Å². The maximum atomic E-state index is 2.49. The van der Waals surface area contributed by atoms with Crippen molar-refractivity contribution in [1.29, 1.82) is 0 Å². The van der Waals surface area contributed by atoms with Crippen LogP contribution in [0.5, 0.6) is 0 Å². The van der Waals surface area contributed by atoms with Gasteiger partial charge >= 0.3 is 0 Å². The van der Waals surface area contributed by atoms with Gasteiger partial charge < -0.3 is 9.13 Å². The van der Waals surface area contributed by atoms with Crippen molar-refractivity contribution in [2.45, 2.75) is 38.5 Å². The molecule has 2 heteroatoms. The third-order valence-electron chi connectivity index (χ3n) is 15.7. The van der Waals surface area contributed by atoms with E-state index >= 15 is 0 Å². The topological polar surface area (TPSA) is 9.86 Å². The second kappa shape index (κ2) is 14.2. The quantitative estimate of drug-likeness (QED) is 0.163. The summed E-state index contributed by atoms with van der Waals surface area (Å²) in [4.78, 5) is 0. The molecular formula is C66H48N2. The molecule has 0 saturated heterocycles. The average molecular weight is 869 g/mol. The molecule has 0 atom stereocenters. The van der Waals surface area contributed by atoms with Gasteiger partial charge in [-0.2, -0.15) is 0 Å². The van der Waals surface area contributed by atoms with Crippen molar-refractivity contribution in [3.8, 4) is 67.0 Å². The van der Waals surface area contributed by atoms with Gasteiger partial charge in [-0.1, -0.05) is 173 Å². The number of aromatic nitrogens is 2. The van der Waals surface area contributed by atoms with Crippen LogP contribution in [0.25, 0.3) is 111 Å². The molecule has 0 spiro atoms. The zero-order chi connectivity index (χ0) is 45.5. The fourth-order valence-corrected chi connectivity index (χ4v) is 12.2. The zero-order valence-electron chi connectivity index (χ0n) is 38.7. The minimum atomic E-state index is -0.111. The zero-order valence-corrected chi connectivity index (χ0v) is 38.7. The molecule has 14 rings (SSSR count). The van der Waals surface area contributed by atoms with Crippen molar-refractivity contribution in [3.63, 3.8) is 0 Å². The van der Waals surface area contributed by atoms with Gasteiger partial charge in [0, 0.05) is 43.7 Å². The Morgan fingerprint density at radius 3 is 1.00 bits per heavy atom. The number of nitrogens with zero attached hydrogens (tertiary/aromatic N) is 2. The minimum absolute atomic E-state index is 0.111. The van der Waals surface area contributed by atoms with E-state index in [0.717, 1.165) is 11.4 Å². The first-order valence-electron chi connectivity index (χ1n) is 24.0.